The quantitative estimate of drug-likeness (QED) is 0.804. The molecule has 2 aliphatic heterocycles. The maximum Gasteiger partial charge on any atom is 0.326 e. The van der Waals surface area contributed by atoms with E-state index in [0.717, 1.165) is 50.0 Å². The fourth-order valence-electron chi connectivity index (χ4n) is 4.89. The first-order valence-electron chi connectivity index (χ1n) is 10.1. The number of nitrogens with one attached hydrogen (secondary N) is 1. The van der Waals surface area contributed by atoms with Gasteiger partial charge in [0.05, 0.1) is 20.9 Å². The summed E-state index contributed by atoms with van der Waals surface area (Å²) in [5, 5.41) is 3.04. The molecule has 3 amide bonds. The largest absolute Gasteiger partial charge is 0.493 e. The molecule has 28 heavy (non-hydrogen) atoms. The minimum Gasteiger partial charge on any atom is -0.493 e. The van der Waals surface area contributed by atoms with Crippen LogP contribution < -0.4 is 14.8 Å². The molecule has 2 fully saturated rings. The average Bonchev–Trinajstić information content (AvgIpc) is 2.94. The van der Waals surface area contributed by atoms with E-state index in [0.29, 0.717) is 19.0 Å². The van der Waals surface area contributed by atoms with Crippen molar-refractivity contribution in [2.45, 2.75) is 51.1 Å². The summed E-state index contributed by atoms with van der Waals surface area (Å²) in [6.07, 6.45) is 4.69. The van der Waals surface area contributed by atoms with E-state index in [2.05, 4.69) is 17.1 Å². The van der Waals surface area contributed by atoms with Crippen molar-refractivity contribution in [3.63, 3.8) is 0 Å². The fourth-order valence-corrected chi connectivity index (χ4v) is 4.89. The number of amides is 3. The molecule has 152 valence electrons. The number of imide groups is 1. The van der Waals surface area contributed by atoms with Crippen LogP contribution in [0.3, 0.4) is 0 Å². The lowest BCUT2D eigenvalue weighted by Gasteiger charge is -2.37. The second-order valence-corrected chi connectivity index (χ2v) is 8.20. The molecule has 3 aliphatic rings. The second-order valence-electron chi connectivity index (χ2n) is 8.20. The van der Waals surface area contributed by atoms with Crippen LogP contribution in [-0.4, -0.2) is 54.7 Å². The molecule has 1 aromatic rings. The molecule has 1 saturated heterocycles. The molecule has 1 spiro atoms. The number of carbonyl (C=O) groups is 2. The molecule has 2 heterocycles. The number of rotatable bonds is 4. The van der Waals surface area contributed by atoms with E-state index >= 15 is 0 Å². The Morgan fingerprint density at radius 1 is 1.14 bits per heavy atom. The molecule has 2 atom stereocenters. The number of nitrogens with zero attached hydrogens (tertiary/aromatic N) is 2. The van der Waals surface area contributed by atoms with Crippen molar-refractivity contribution in [2.75, 3.05) is 27.4 Å². The van der Waals surface area contributed by atoms with Crippen molar-refractivity contribution in [3.05, 3.63) is 23.3 Å². The molecular weight excluding hydrogens is 358 g/mol. The number of ether oxygens (including phenoxy) is 2. The van der Waals surface area contributed by atoms with Crippen LogP contribution in [0.15, 0.2) is 12.1 Å². The first-order valence-corrected chi connectivity index (χ1v) is 10.1. The summed E-state index contributed by atoms with van der Waals surface area (Å²) in [4.78, 5) is 29.4. The Balaban J connectivity index is 1.50. The number of carbonyl (C=O) groups excluding carboxylic acids is 2. The van der Waals surface area contributed by atoms with Crippen molar-refractivity contribution in [3.8, 4) is 11.5 Å². The van der Waals surface area contributed by atoms with Gasteiger partial charge in [0.25, 0.3) is 5.91 Å². The number of benzene rings is 1. The Kier molecular flexibility index (Phi) is 4.95. The van der Waals surface area contributed by atoms with Gasteiger partial charge in [0.1, 0.15) is 5.54 Å². The molecule has 1 aliphatic carbocycles. The lowest BCUT2D eigenvalue weighted by Crippen LogP contribution is -2.54. The number of hydrogen-bond donors (Lipinski definition) is 1. The van der Waals surface area contributed by atoms with Gasteiger partial charge in [-0.25, -0.2) is 9.69 Å². The standard InChI is InChI=1S/C21H29N3O4/c1-14-6-4-5-8-21(14)19(25)24(20(26)22-21)13-23-9-7-15-10-17(27-2)18(28-3)11-16(15)12-23/h10-11,14H,4-9,12-13H2,1-3H3,(H,22,26)/t14-,21-/m0/s1. The van der Waals surface area contributed by atoms with Crippen molar-refractivity contribution in [2.24, 2.45) is 5.92 Å². The zero-order valence-electron chi connectivity index (χ0n) is 16.9. The van der Waals surface area contributed by atoms with Crippen molar-refractivity contribution >= 4 is 11.9 Å². The van der Waals surface area contributed by atoms with E-state index < -0.39 is 5.54 Å². The molecule has 0 aromatic heterocycles. The highest BCUT2D eigenvalue weighted by Crippen LogP contribution is 2.39. The third kappa shape index (κ3) is 3.02. The van der Waals surface area contributed by atoms with Crippen LogP contribution in [0.1, 0.15) is 43.7 Å². The summed E-state index contributed by atoms with van der Waals surface area (Å²) in [5.41, 5.74) is 1.68. The average molecular weight is 387 g/mol. The lowest BCUT2D eigenvalue weighted by atomic mass is 9.73. The van der Waals surface area contributed by atoms with E-state index in [1.54, 1.807) is 14.2 Å². The van der Waals surface area contributed by atoms with Crippen LogP contribution in [0, 0.1) is 5.92 Å². The van der Waals surface area contributed by atoms with Gasteiger partial charge >= 0.3 is 6.03 Å². The molecule has 1 saturated carbocycles. The normalized spacial score (nSPS) is 27.7. The molecule has 1 N–H and O–H groups in total. The Hall–Kier alpha value is -2.28. The predicted molar refractivity (Wildman–Crippen MR) is 104 cm³/mol. The van der Waals surface area contributed by atoms with E-state index in [1.165, 1.54) is 10.5 Å². The molecule has 4 rings (SSSR count). The Bertz CT molecular complexity index is 796. The van der Waals surface area contributed by atoms with E-state index in [-0.39, 0.29) is 17.9 Å². The second kappa shape index (κ2) is 7.28. The van der Waals surface area contributed by atoms with Gasteiger partial charge in [-0.2, -0.15) is 0 Å². The molecular formula is C21H29N3O4. The molecule has 7 heteroatoms. The summed E-state index contributed by atoms with van der Waals surface area (Å²) in [6, 6.07) is 3.77. The van der Waals surface area contributed by atoms with Crippen molar-refractivity contribution < 1.29 is 19.1 Å². The fraction of sp³-hybridized carbons (Fsp3) is 0.619. The maximum atomic E-state index is 13.2. The Morgan fingerprint density at radius 3 is 2.54 bits per heavy atom. The summed E-state index contributed by atoms with van der Waals surface area (Å²) in [5.74, 6) is 1.56. The van der Waals surface area contributed by atoms with Crippen LogP contribution in [-0.2, 0) is 17.8 Å². The molecule has 0 radical (unpaired) electrons. The molecule has 0 unspecified atom stereocenters. The third-order valence-electron chi connectivity index (χ3n) is 6.64. The van der Waals surface area contributed by atoms with E-state index in [1.807, 2.05) is 12.1 Å². The number of urea groups is 1. The lowest BCUT2D eigenvalue weighted by molar-refractivity contribution is -0.135. The number of methoxy groups -OCH3 is 2. The SMILES string of the molecule is COc1cc2c(cc1OC)CN(CN1C(=O)N[C@]3(CCCC[C@@H]3C)C1=O)CC2. The van der Waals surface area contributed by atoms with E-state index in [9.17, 15) is 9.59 Å². The monoisotopic (exact) mass is 387 g/mol. The van der Waals surface area contributed by atoms with Gasteiger partial charge in [0.15, 0.2) is 11.5 Å². The van der Waals surface area contributed by atoms with Crippen LogP contribution in [0.2, 0.25) is 0 Å². The topological polar surface area (TPSA) is 71.1 Å². The third-order valence-corrected chi connectivity index (χ3v) is 6.64. The molecule has 0 bridgehead atoms. The van der Waals surface area contributed by atoms with Gasteiger partial charge in [-0.15, -0.1) is 0 Å². The van der Waals surface area contributed by atoms with Crippen LogP contribution >= 0.6 is 0 Å². The smallest absolute Gasteiger partial charge is 0.326 e. The summed E-state index contributed by atoms with van der Waals surface area (Å²) in [6.45, 7) is 3.88. The maximum absolute atomic E-state index is 13.2. The van der Waals surface area contributed by atoms with Gasteiger partial charge in [0, 0.05) is 13.1 Å². The highest BCUT2D eigenvalue weighted by molar-refractivity contribution is 6.07. The first kappa shape index (κ1) is 19.1. The van der Waals surface area contributed by atoms with Crippen LogP contribution in [0.5, 0.6) is 11.5 Å². The Labute approximate surface area is 166 Å². The zero-order chi connectivity index (χ0) is 19.9. The first-order chi connectivity index (χ1) is 13.5. The van der Waals surface area contributed by atoms with Gasteiger partial charge in [0.2, 0.25) is 0 Å². The van der Waals surface area contributed by atoms with Gasteiger partial charge in [-0.05, 0) is 48.4 Å². The minimum atomic E-state index is -0.695. The van der Waals surface area contributed by atoms with Gasteiger partial charge in [-0.1, -0.05) is 19.8 Å². The summed E-state index contributed by atoms with van der Waals surface area (Å²) < 4.78 is 10.8. The minimum absolute atomic E-state index is 0.0530. The number of hydrogen-bond acceptors (Lipinski definition) is 5. The summed E-state index contributed by atoms with van der Waals surface area (Å²) >= 11 is 0. The van der Waals surface area contributed by atoms with Crippen LogP contribution in [0.4, 0.5) is 4.79 Å². The zero-order valence-corrected chi connectivity index (χ0v) is 16.9. The summed E-state index contributed by atoms with van der Waals surface area (Å²) in [7, 11) is 3.27. The highest BCUT2D eigenvalue weighted by atomic mass is 16.5. The molecule has 1 aromatic carbocycles. The number of fused-ring (bicyclic) bond motifs is 1. The Morgan fingerprint density at radius 2 is 1.86 bits per heavy atom. The van der Waals surface area contributed by atoms with Gasteiger partial charge in [-0.3, -0.25) is 9.69 Å². The van der Waals surface area contributed by atoms with E-state index in [4.69, 9.17) is 9.47 Å². The highest BCUT2D eigenvalue weighted by Gasteiger charge is 2.55. The van der Waals surface area contributed by atoms with Crippen molar-refractivity contribution in [1.29, 1.82) is 0 Å². The molecule has 7 nitrogen and oxygen atoms in total. The van der Waals surface area contributed by atoms with Crippen molar-refractivity contribution in [1.82, 2.24) is 15.1 Å². The van der Waals surface area contributed by atoms with Crippen LogP contribution in [0.25, 0.3) is 0 Å². The predicted octanol–water partition coefficient (Wildman–Crippen LogP) is 2.52. The van der Waals surface area contributed by atoms with Gasteiger partial charge < -0.3 is 14.8 Å².